The summed E-state index contributed by atoms with van der Waals surface area (Å²) in [5.74, 6) is -0.369. The van der Waals surface area contributed by atoms with Gasteiger partial charge in [-0.2, -0.15) is 0 Å². The van der Waals surface area contributed by atoms with Crippen LogP contribution in [0.25, 0.3) is 0 Å². The molecule has 16 heavy (non-hydrogen) atoms. The van der Waals surface area contributed by atoms with E-state index in [1.807, 2.05) is 13.8 Å². The number of fused-ring (bicyclic) bond motifs is 1. The molecule has 4 nitrogen and oxygen atoms in total. The highest BCUT2D eigenvalue weighted by atomic mass is 16.8. The minimum Gasteiger partial charge on any atom is -0.460 e. The molecule has 0 aromatic rings. The summed E-state index contributed by atoms with van der Waals surface area (Å²) in [4.78, 5) is 11.0. The van der Waals surface area contributed by atoms with Gasteiger partial charge in [0.05, 0.1) is 6.10 Å². The molecule has 4 heteroatoms. The number of carbonyl (C=O) groups is 1. The van der Waals surface area contributed by atoms with Gasteiger partial charge in [-0.3, -0.25) is 4.79 Å². The van der Waals surface area contributed by atoms with E-state index in [1.54, 1.807) is 0 Å². The number of ether oxygens (including phenoxy) is 3. The summed E-state index contributed by atoms with van der Waals surface area (Å²) in [5.41, 5.74) is 0. The van der Waals surface area contributed by atoms with Crippen LogP contribution >= 0.6 is 0 Å². The molecule has 92 valence electrons. The number of rotatable bonds is 2. The number of carbonyl (C=O) groups excluding carboxylic acids is 1. The van der Waals surface area contributed by atoms with Gasteiger partial charge in [0.25, 0.3) is 0 Å². The molecular formula is C12H20O4. The summed E-state index contributed by atoms with van der Waals surface area (Å²) in [6.07, 6.45) is 1.71. The highest BCUT2D eigenvalue weighted by Crippen LogP contribution is 2.43. The molecule has 0 amide bonds. The molecule has 0 bridgehead atoms. The average Bonchev–Trinajstić information content (AvgIpc) is 2.60. The van der Waals surface area contributed by atoms with Crippen LogP contribution in [-0.2, 0) is 19.0 Å². The largest absolute Gasteiger partial charge is 0.460 e. The summed E-state index contributed by atoms with van der Waals surface area (Å²) >= 11 is 0. The van der Waals surface area contributed by atoms with Crippen LogP contribution in [0.15, 0.2) is 0 Å². The first-order valence-electron chi connectivity index (χ1n) is 5.96. The van der Waals surface area contributed by atoms with E-state index in [4.69, 9.17) is 14.2 Å². The molecule has 2 rings (SSSR count). The Bertz CT molecular complexity index is 287. The third-order valence-electron chi connectivity index (χ3n) is 3.37. The molecule has 0 aromatic carbocycles. The van der Waals surface area contributed by atoms with Crippen molar-refractivity contribution in [3.8, 4) is 0 Å². The molecule has 1 heterocycles. The van der Waals surface area contributed by atoms with E-state index in [1.165, 1.54) is 6.92 Å². The molecule has 0 N–H and O–H groups in total. The average molecular weight is 228 g/mol. The van der Waals surface area contributed by atoms with E-state index in [0.717, 1.165) is 12.8 Å². The van der Waals surface area contributed by atoms with Gasteiger partial charge in [0.15, 0.2) is 5.79 Å². The topological polar surface area (TPSA) is 44.8 Å². The highest BCUT2D eigenvalue weighted by molar-refractivity contribution is 5.66. The minimum atomic E-state index is -0.554. The van der Waals surface area contributed by atoms with Gasteiger partial charge in [0.2, 0.25) is 0 Å². The van der Waals surface area contributed by atoms with E-state index >= 15 is 0 Å². The Labute approximate surface area is 96.2 Å². The first-order chi connectivity index (χ1) is 7.43. The van der Waals surface area contributed by atoms with E-state index in [9.17, 15) is 4.79 Å². The second-order valence-corrected chi connectivity index (χ2v) is 5.12. The van der Waals surface area contributed by atoms with Gasteiger partial charge in [-0.05, 0) is 26.2 Å². The Kier molecular flexibility index (Phi) is 2.97. The summed E-state index contributed by atoms with van der Waals surface area (Å²) in [6.45, 7) is 7.38. The molecule has 0 aromatic heterocycles. The minimum absolute atomic E-state index is 0.0735. The lowest BCUT2D eigenvalue weighted by molar-refractivity contribution is -0.177. The van der Waals surface area contributed by atoms with Crippen LogP contribution < -0.4 is 0 Å². The van der Waals surface area contributed by atoms with E-state index in [2.05, 4.69) is 6.92 Å². The Balaban J connectivity index is 2.11. The summed E-state index contributed by atoms with van der Waals surface area (Å²) < 4.78 is 17.0. The third-order valence-corrected chi connectivity index (χ3v) is 3.37. The van der Waals surface area contributed by atoms with E-state index in [0.29, 0.717) is 5.92 Å². The van der Waals surface area contributed by atoms with Crippen LogP contribution in [-0.4, -0.2) is 30.1 Å². The first kappa shape index (κ1) is 11.9. The molecule has 2 fully saturated rings. The van der Waals surface area contributed by atoms with Crippen LogP contribution in [0, 0.1) is 5.92 Å². The molecule has 0 radical (unpaired) electrons. The van der Waals surface area contributed by atoms with Crippen LogP contribution in [0.2, 0.25) is 0 Å². The van der Waals surface area contributed by atoms with Crippen molar-refractivity contribution in [3.05, 3.63) is 0 Å². The van der Waals surface area contributed by atoms with Crippen LogP contribution in [0.1, 0.15) is 40.5 Å². The number of hydrogen-bond donors (Lipinski definition) is 0. The Morgan fingerprint density at radius 3 is 2.56 bits per heavy atom. The summed E-state index contributed by atoms with van der Waals surface area (Å²) in [5, 5.41) is 0. The fourth-order valence-electron chi connectivity index (χ4n) is 2.76. The molecule has 1 saturated carbocycles. The zero-order chi connectivity index (χ0) is 11.9. The predicted octanol–water partition coefficient (Wildman–Crippen LogP) is 1.87. The molecule has 0 spiro atoms. The van der Waals surface area contributed by atoms with Gasteiger partial charge in [-0.15, -0.1) is 0 Å². The van der Waals surface area contributed by atoms with Crippen LogP contribution in [0.5, 0.6) is 0 Å². The highest BCUT2D eigenvalue weighted by Gasteiger charge is 2.54. The van der Waals surface area contributed by atoms with Crippen molar-refractivity contribution in [1.29, 1.82) is 0 Å². The molecular weight excluding hydrogens is 208 g/mol. The fourth-order valence-corrected chi connectivity index (χ4v) is 2.76. The quantitative estimate of drug-likeness (QED) is 0.677. The van der Waals surface area contributed by atoms with Crippen molar-refractivity contribution >= 4 is 5.97 Å². The third kappa shape index (κ3) is 2.09. The standard InChI is InChI=1S/C12H20O4/c1-5-8-6-9(14-7(2)13)11-10(8)15-12(3,4)16-11/h8-11H,5-6H2,1-4H3/t8-,9?,10+,11-/m0/s1. The smallest absolute Gasteiger partial charge is 0.302 e. The molecule has 1 unspecified atom stereocenters. The second-order valence-electron chi connectivity index (χ2n) is 5.12. The van der Waals surface area contributed by atoms with Gasteiger partial charge in [0, 0.05) is 6.92 Å². The van der Waals surface area contributed by atoms with Crippen molar-refractivity contribution in [2.45, 2.75) is 64.6 Å². The zero-order valence-corrected chi connectivity index (χ0v) is 10.4. The van der Waals surface area contributed by atoms with Gasteiger partial charge in [-0.1, -0.05) is 13.3 Å². The van der Waals surface area contributed by atoms with Crippen molar-refractivity contribution in [1.82, 2.24) is 0 Å². The maximum atomic E-state index is 11.0. The molecule has 1 saturated heterocycles. The Hall–Kier alpha value is -0.610. The molecule has 1 aliphatic carbocycles. The lowest BCUT2D eigenvalue weighted by Crippen LogP contribution is -2.31. The molecule has 4 atom stereocenters. The van der Waals surface area contributed by atoms with Crippen LogP contribution in [0.4, 0.5) is 0 Å². The van der Waals surface area contributed by atoms with E-state index in [-0.39, 0.29) is 24.3 Å². The maximum Gasteiger partial charge on any atom is 0.302 e. The monoisotopic (exact) mass is 228 g/mol. The SMILES string of the molecule is CC[C@H]1CC(OC(C)=O)[C@@H]2OC(C)(C)O[C@H]12. The van der Waals surface area contributed by atoms with Gasteiger partial charge in [0.1, 0.15) is 12.2 Å². The Morgan fingerprint density at radius 2 is 2.00 bits per heavy atom. The lowest BCUT2D eigenvalue weighted by atomic mass is 10.0. The van der Waals surface area contributed by atoms with Crippen molar-refractivity contribution in [2.24, 2.45) is 5.92 Å². The second kappa shape index (κ2) is 4.00. The van der Waals surface area contributed by atoms with Gasteiger partial charge >= 0.3 is 5.97 Å². The number of hydrogen-bond acceptors (Lipinski definition) is 4. The molecule has 1 aliphatic heterocycles. The van der Waals surface area contributed by atoms with Gasteiger partial charge < -0.3 is 14.2 Å². The Morgan fingerprint density at radius 1 is 1.38 bits per heavy atom. The van der Waals surface area contributed by atoms with E-state index < -0.39 is 5.79 Å². The van der Waals surface area contributed by atoms with Crippen molar-refractivity contribution in [2.75, 3.05) is 0 Å². The maximum absolute atomic E-state index is 11.0. The van der Waals surface area contributed by atoms with Crippen molar-refractivity contribution in [3.63, 3.8) is 0 Å². The lowest BCUT2D eigenvalue weighted by Gasteiger charge is -2.22. The van der Waals surface area contributed by atoms with Crippen LogP contribution in [0.3, 0.4) is 0 Å². The summed E-state index contributed by atoms with van der Waals surface area (Å²) in [7, 11) is 0. The first-order valence-corrected chi connectivity index (χ1v) is 5.96. The predicted molar refractivity (Wildman–Crippen MR) is 57.8 cm³/mol. The normalized spacial score (nSPS) is 40.8. The van der Waals surface area contributed by atoms with Gasteiger partial charge in [-0.25, -0.2) is 0 Å². The fraction of sp³-hybridized carbons (Fsp3) is 0.917. The van der Waals surface area contributed by atoms with Crippen molar-refractivity contribution < 1.29 is 19.0 Å². The molecule has 2 aliphatic rings. The zero-order valence-electron chi connectivity index (χ0n) is 10.4. The number of esters is 1. The summed E-state index contributed by atoms with van der Waals surface area (Å²) in [6, 6.07) is 0.